The second kappa shape index (κ2) is 3.50. The van der Waals surface area contributed by atoms with E-state index in [9.17, 15) is 4.79 Å². The van der Waals surface area contributed by atoms with E-state index in [1.54, 1.807) is 13.2 Å². The summed E-state index contributed by atoms with van der Waals surface area (Å²) < 4.78 is 15.9. The van der Waals surface area contributed by atoms with Crippen LogP contribution in [0.2, 0.25) is 0 Å². The van der Waals surface area contributed by atoms with Gasteiger partial charge in [0, 0.05) is 0 Å². The molecule has 3 rings (SSSR count). The van der Waals surface area contributed by atoms with Crippen LogP contribution < -0.4 is 14.2 Å². The van der Waals surface area contributed by atoms with Gasteiger partial charge in [-0.25, -0.2) is 4.79 Å². The third-order valence-corrected chi connectivity index (χ3v) is 3.18. The lowest BCUT2D eigenvalue weighted by atomic mass is 10.0. The van der Waals surface area contributed by atoms with Crippen LogP contribution in [-0.2, 0) is 10.3 Å². The minimum Gasteiger partial charge on any atom is -0.493 e. The number of benzene rings is 1. The number of hydrogen-bond acceptors (Lipinski definition) is 5. The maximum absolute atomic E-state index is 10.4. The Kier molecular flexibility index (Phi) is 2.09. The van der Waals surface area contributed by atoms with Crippen LogP contribution in [0.4, 0.5) is 0 Å². The van der Waals surface area contributed by atoms with Gasteiger partial charge in [-0.3, -0.25) is 0 Å². The molecule has 2 aliphatic rings. The zero-order chi connectivity index (χ0) is 11.9. The van der Waals surface area contributed by atoms with Gasteiger partial charge < -0.3 is 14.2 Å². The van der Waals surface area contributed by atoms with Gasteiger partial charge in [-0.1, -0.05) is 0 Å². The Morgan fingerprint density at radius 1 is 1.41 bits per heavy atom. The van der Waals surface area contributed by atoms with Crippen LogP contribution in [0.1, 0.15) is 18.4 Å². The summed E-state index contributed by atoms with van der Waals surface area (Å²) in [4.78, 5) is 14.3. The highest BCUT2D eigenvalue weighted by Gasteiger charge is 2.46. The third kappa shape index (κ3) is 1.47. The van der Waals surface area contributed by atoms with Crippen molar-refractivity contribution in [3.8, 4) is 17.2 Å². The first-order chi connectivity index (χ1) is 8.29. The highest BCUT2D eigenvalue weighted by molar-refractivity contribution is 5.57. The fourth-order valence-electron chi connectivity index (χ4n) is 2.07. The van der Waals surface area contributed by atoms with E-state index < -0.39 is 5.54 Å². The summed E-state index contributed by atoms with van der Waals surface area (Å²) in [6, 6.07) is 3.71. The van der Waals surface area contributed by atoms with Gasteiger partial charge in [0.1, 0.15) is 0 Å². The molecule has 0 unspecified atom stereocenters. The predicted octanol–water partition coefficient (Wildman–Crippen LogP) is 1.75. The van der Waals surface area contributed by atoms with Crippen LogP contribution in [0.15, 0.2) is 17.1 Å². The molecule has 17 heavy (non-hydrogen) atoms. The van der Waals surface area contributed by atoms with Gasteiger partial charge in [-0.15, -0.1) is 0 Å². The van der Waals surface area contributed by atoms with Crippen LogP contribution in [0.3, 0.4) is 0 Å². The number of rotatable bonds is 3. The van der Waals surface area contributed by atoms with E-state index in [1.165, 1.54) is 0 Å². The first-order valence-corrected chi connectivity index (χ1v) is 5.36. The van der Waals surface area contributed by atoms with E-state index in [0.29, 0.717) is 17.2 Å². The summed E-state index contributed by atoms with van der Waals surface area (Å²) in [6.45, 7) is 0.194. The number of ether oxygens (including phenoxy) is 3. The predicted molar refractivity (Wildman–Crippen MR) is 58.2 cm³/mol. The third-order valence-electron chi connectivity index (χ3n) is 3.18. The molecule has 1 aliphatic heterocycles. The molecule has 0 radical (unpaired) electrons. The van der Waals surface area contributed by atoms with Crippen LogP contribution in [-0.4, -0.2) is 20.0 Å². The summed E-state index contributed by atoms with van der Waals surface area (Å²) in [5.74, 6) is 1.87. The molecule has 1 fully saturated rings. The van der Waals surface area contributed by atoms with Crippen LogP contribution in [0.5, 0.6) is 17.2 Å². The van der Waals surface area contributed by atoms with Gasteiger partial charge in [0.05, 0.1) is 12.6 Å². The maximum Gasteiger partial charge on any atom is 0.235 e. The van der Waals surface area contributed by atoms with E-state index >= 15 is 0 Å². The monoisotopic (exact) mass is 233 g/mol. The van der Waals surface area contributed by atoms with Crippen LogP contribution >= 0.6 is 0 Å². The Balaban J connectivity index is 2.10. The van der Waals surface area contributed by atoms with Crippen molar-refractivity contribution in [2.45, 2.75) is 18.4 Å². The fraction of sp³-hybridized carbons (Fsp3) is 0.417. The van der Waals surface area contributed by atoms with Crippen molar-refractivity contribution in [1.29, 1.82) is 0 Å². The zero-order valence-electron chi connectivity index (χ0n) is 9.36. The Bertz CT molecular complexity index is 515. The maximum atomic E-state index is 10.4. The topological polar surface area (TPSA) is 57.1 Å². The van der Waals surface area contributed by atoms with Gasteiger partial charge in [0.15, 0.2) is 11.5 Å². The van der Waals surface area contributed by atoms with Gasteiger partial charge >= 0.3 is 0 Å². The number of aliphatic imine (C=N–C) groups is 1. The van der Waals surface area contributed by atoms with Crippen molar-refractivity contribution in [3.05, 3.63) is 17.7 Å². The smallest absolute Gasteiger partial charge is 0.235 e. The molecular weight excluding hydrogens is 222 g/mol. The van der Waals surface area contributed by atoms with Crippen molar-refractivity contribution >= 4 is 6.08 Å². The molecule has 0 amide bonds. The van der Waals surface area contributed by atoms with E-state index in [-0.39, 0.29) is 6.79 Å². The molecule has 0 spiro atoms. The molecule has 88 valence electrons. The Morgan fingerprint density at radius 2 is 2.24 bits per heavy atom. The lowest BCUT2D eigenvalue weighted by molar-refractivity contribution is 0.171. The molecule has 5 nitrogen and oxygen atoms in total. The van der Waals surface area contributed by atoms with Crippen molar-refractivity contribution in [3.63, 3.8) is 0 Å². The Labute approximate surface area is 98.0 Å². The SMILES string of the molecule is COc1cc(C2(N=C=O)CC2)cc2c1OCO2. The highest BCUT2D eigenvalue weighted by Crippen LogP contribution is 2.53. The van der Waals surface area contributed by atoms with Gasteiger partial charge in [-0.2, -0.15) is 4.99 Å². The number of fused-ring (bicyclic) bond motifs is 1. The summed E-state index contributed by atoms with van der Waals surface area (Å²) in [7, 11) is 1.57. The molecule has 0 aromatic heterocycles. The molecule has 1 aromatic rings. The number of isocyanates is 1. The molecule has 0 atom stereocenters. The summed E-state index contributed by atoms with van der Waals surface area (Å²) in [5.41, 5.74) is 0.498. The largest absolute Gasteiger partial charge is 0.493 e. The van der Waals surface area contributed by atoms with Crippen molar-refractivity contribution < 1.29 is 19.0 Å². The number of nitrogens with zero attached hydrogens (tertiary/aromatic N) is 1. The van der Waals surface area contributed by atoms with Gasteiger partial charge in [-0.05, 0) is 30.5 Å². The second-order valence-corrected chi connectivity index (χ2v) is 4.15. The van der Waals surface area contributed by atoms with E-state index in [2.05, 4.69) is 4.99 Å². The second-order valence-electron chi connectivity index (χ2n) is 4.15. The lowest BCUT2D eigenvalue weighted by Crippen LogP contribution is -2.02. The average molecular weight is 233 g/mol. The van der Waals surface area contributed by atoms with E-state index in [4.69, 9.17) is 14.2 Å². The molecule has 1 heterocycles. The lowest BCUT2D eigenvalue weighted by Gasteiger charge is -2.11. The molecule has 0 N–H and O–H groups in total. The summed E-state index contributed by atoms with van der Waals surface area (Å²) >= 11 is 0. The number of hydrogen-bond donors (Lipinski definition) is 0. The molecule has 1 aromatic carbocycles. The standard InChI is InChI=1S/C12H11NO4/c1-15-9-4-8(12(2-3-12)13-6-14)5-10-11(9)17-7-16-10/h4-5H,2-3,7H2,1H3. The Hall–Kier alpha value is -2.00. The highest BCUT2D eigenvalue weighted by atomic mass is 16.7. The summed E-state index contributed by atoms with van der Waals surface area (Å²) in [5, 5.41) is 0. The minimum atomic E-state index is -0.421. The number of carbonyl (C=O) groups excluding carboxylic acids is 1. The van der Waals surface area contributed by atoms with E-state index in [0.717, 1.165) is 18.4 Å². The molecule has 0 saturated heterocycles. The molecular formula is C12H11NO4. The fourth-order valence-corrected chi connectivity index (χ4v) is 2.07. The van der Waals surface area contributed by atoms with Crippen LogP contribution in [0, 0.1) is 0 Å². The quantitative estimate of drug-likeness (QED) is 0.589. The number of methoxy groups -OCH3 is 1. The Morgan fingerprint density at radius 3 is 2.88 bits per heavy atom. The van der Waals surface area contributed by atoms with Gasteiger partial charge in [0.2, 0.25) is 18.6 Å². The van der Waals surface area contributed by atoms with Crippen molar-refractivity contribution in [1.82, 2.24) is 0 Å². The van der Waals surface area contributed by atoms with Gasteiger partial charge in [0.25, 0.3) is 0 Å². The minimum absolute atomic E-state index is 0.194. The molecule has 1 saturated carbocycles. The van der Waals surface area contributed by atoms with Crippen LogP contribution in [0.25, 0.3) is 0 Å². The first-order valence-electron chi connectivity index (χ1n) is 5.36. The molecule has 5 heteroatoms. The molecule has 0 bridgehead atoms. The van der Waals surface area contributed by atoms with Crippen molar-refractivity contribution in [2.75, 3.05) is 13.9 Å². The average Bonchev–Trinajstić information content (AvgIpc) is 2.97. The summed E-state index contributed by atoms with van der Waals surface area (Å²) in [6.07, 6.45) is 3.34. The zero-order valence-corrected chi connectivity index (χ0v) is 9.36. The van der Waals surface area contributed by atoms with Crippen molar-refractivity contribution in [2.24, 2.45) is 4.99 Å². The normalized spacial score (nSPS) is 18.4. The molecule has 1 aliphatic carbocycles. The first kappa shape index (κ1) is 10.2. The van der Waals surface area contributed by atoms with E-state index in [1.807, 2.05) is 12.1 Å².